The summed E-state index contributed by atoms with van der Waals surface area (Å²) in [6, 6.07) is 7.24. The molecule has 176 valence electrons. The second-order valence-corrected chi connectivity index (χ2v) is 9.80. The molecule has 0 unspecified atom stereocenters. The first-order valence-corrected chi connectivity index (χ1v) is 11.6. The summed E-state index contributed by atoms with van der Waals surface area (Å²) in [4.78, 5) is 26.7. The molecular weight excluding hydrogens is 488 g/mol. The third kappa shape index (κ3) is 5.03. The van der Waals surface area contributed by atoms with Gasteiger partial charge in [-0.3, -0.25) is 4.79 Å². The average molecular weight is 517 g/mol. The maximum atomic E-state index is 13.5. The van der Waals surface area contributed by atoms with E-state index in [4.69, 9.17) is 4.42 Å². The minimum Gasteiger partial charge on any atom is -0.465 e. The summed E-state index contributed by atoms with van der Waals surface area (Å²) in [6.45, 7) is 11.8. The van der Waals surface area contributed by atoms with Crippen LogP contribution in [0.4, 0.5) is 4.79 Å². The van der Waals surface area contributed by atoms with Crippen LogP contribution in [0.5, 0.6) is 0 Å². The van der Waals surface area contributed by atoms with Crippen LogP contribution in [0.15, 0.2) is 33.2 Å². The molecule has 2 heterocycles. The third-order valence-electron chi connectivity index (χ3n) is 5.64. The Morgan fingerprint density at radius 3 is 2.45 bits per heavy atom. The van der Waals surface area contributed by atoms with Gasteiger partial charge in [-0.2, -0.15) is 0 Å². The van der Waals surface area contributed by atoms with Crippen LogP contribution in [-0.4, -0.2) is 48.7 Å². The first-order valence-electron chi connectivity index (χ1n) is 10.8. The van der Waals surface area contributed by atoms with Crippen molar-refractivity contribution in [2.75, 3.05) is 6.54 Å². The highest BCUT2D eigenvalue weighted by Gasteiger charge is 2.30. The summed E-state index contributed by atoms with van der Waals surface area (Å²) in [5.74, 6) is 0.697. The molecule has 0 bridgehead atoms. The lowest BCUT2D eigenvalue weighted by Gasteiger charge is -2.33. The van der Waals surface area contributed by atoms with Gasteiger partial charge in [0.2, 0.25) is 5.89 Å². The lowest BCUT2D eigenvalue weighted by molar-refractivity contribution is 0.0973. The fourth-order valence-corrected chi connectivity index (χ4v) is 4.37. The Bertz CT molecular complexity index is 1190. The zero-order chi connectivity index (χ0) is 24.5. The molecule has 1 aromatic carbocycles. The van der Waals surface area contributed by atoms with Crippen molar-refractivity contribution in [3.05, 3.63) is 57.0 Å². The quantitative estimate of drug-likeness (QED) is 0.416. The summed E-state index contributed by atoms with van der Waals surface area (Å²) in [7, 11) is 0. The maximum absolute atomic E-state index is 13.5. The van der Waals surface area contributed by atoms with Crippen molar-refractivity contribution in [2.45, 2.75) is 60.0 Å². The number of rotatable bonds is 7. The topological polar surface area (TPSA) is 101 Å². The molecule has 0 atom stereocenters. The van der Waals surface area contributed by atoms with E-state index in [0.29, 0.717) is 41.6 Å². The molecule has 0 aliphatic heterocycles. The zero-order valence-corrected chi connectivity index (χ0v) is 21.4. The van der Waals surface area contributed by atoms with Crippen molar-refractivity contribution >= 4 is 27.8 Å². The number of aryl methyl sites for hydroxylation is 1. The van der Waals surface area contributed by atoms with Crippen molar-refractivity contribution in [3.8, 4) is 11.6 Å². The monoisotopic (exact) mass is 516 g/mol. The van der Waals surface area contributed by atoms with Crippen LogP contribution >= 0.6 is 15.9 Å². The lowest BCUT2D eigenvalue weighted by atomic mass is 10.00. The number of amides is 1. The predicted molar refractivity (Wildman–Crippen MR) is 129 cm³/mol. The summed E-state index contributed by atoms with van der Waals surface area (Å²) in [5.41, 5.74) is 2.62. The number of benzene rings is 1. The molecule has 0 saturated heterocycles. The minimum absolute atomic E-state index is 0.118. The highest BCUT2D eigenvalue weighted by molar-refractivity contribution is 9.10. The molecule has 33 heavy (non-hydrogen) atoms. The number of ketones is 1. The molecule has 0 aliphatic rings. The number of carboxylic acid groups (broad SMARTS) is 1. The summed E-state index contributed by atoms with van der Waals surface area (Å²) in [5, 5.41) is 18.0. The third-order valence-corrected chi connectivity index (χ3v) is 6.13. The number of carbonyl (C=O) groups is 2. The molecule has 3 rings (SSSR count). The minimum atomic E-state index is -0.998. The molecule has 0 saturated carbocycles. The molecule has 1 amide bonds. The number of aromatic nitrogens is 3. The van der Waals surface area contributed by atoms with E-state index in [1.807, 2.05) is 58.2 Å². The van der Waals surface area contributed by atoms with Crippen molar-refractivity contribution in [2.24, 2.45) is 0 Å². The van der Waals surface area contributed by atoms with Crippen molar-refractivity contribution < 1.29 is 19.1 Å². The fourth-order valence-electron chi connectivity index (χ4n) is 3.97. The van der Waals surface area contributed by atoms with Gasteiger partial charge in [-0.05, 0) is 52.3 Å². The van der Waals surface area contributed by atoms with E-state index in [2.05, 4.69) is 26.1 Å². The number of hydrogen-bond acceptors (Lipinski definition) is 5. The normalized spacial score (nSPS) is 11.6. The largest absolute Gasteiger partial charge is 0.465 e. The molecule has 0 radical (unpaired) electrons. The van der Waals surface area contributed by atoms with E-state index in [-0.39, 0.29) is 12.3 Å². The summed E-state index contributed by atoms with van der Waals surface area (Å²) >= 11 is 3.43. The van der Waals surface area contributed by atoms with Crippen LogP contribution in [0.2, 0.25) is 0 Å². The summed E-state index contributed by atoms with van der Waals surface area (Å²) < 4.78 is 8.57. The first-order chi connectivity index (χ1) is 15.5. The Morgan fingerprint density at radius 2 is 1.91 bits per heavy atom. The van der Waals surface area contributed by atoms with Crippen molar-refractivity contribution in [1.29, 1.82) is 0 Å². The van der Waals surface area contributed by atoms with Gasteiger partial charge in [-0.15, -0.1) is 10.2 Å². The van der Waals surface area contributed by atoms with E-state index in [1.165, 1.54) is 4.90 Å². The Kier molecular flexibility index (Phi) is 7.11. The Morgan fingerprint density at radius 1 is 1.21 bits per heavy atom. The number of nitrogens with zero attached hydrogens (tertiary/aromatic N) is 4. The smallest absolute Gasteiger partial charge is 0.407 e. The Hall–Kier alpha value is -2.94. The number of halogens is 1. The maximum Gasteiger partial charge on any atom is 0.407 e. The summed E-state index contributed by atoms with van der Waals surface area (Å²) in [6.07, 6.45) is -0.408. The predicted octanol–water partition coefficient (Wildman–Crippen LogP) is 5.49. The molecule has 0 fully saturated rings. The first kappa shape index (κ1) is 24.7. The molecule has 0 spiro atoms. The average Bonchev–Trinajstić information content (AvgIpc) is 3.29. The van der Waals surface area contributed by atoms with Crippen LogP contribution in [0, 0.1) is 13.8 Å². The molecule has 9 heteroatoms. The van der Waals surface area contributed by atoms with Gasteiger partial charge in [0, 0.05) is 46.3 Å². The highest BCUT2D eigenvalue weighted by Crippen LogP contribution is 2.33. The van der Waals surface area contributed by atoms with Crippen LogP contribution < -0.4 is 0 Å². The molecule has 0 aliphatic carbocycles. The van der Waals surface area contributed by atoms with Gasteiger partial charge in [0.15, 0.2) is 5.78 Å². The van der Waals surface area contributed by atoms with Crippen LogP contribution in [0.25, 0.3) is 11.6 Å². The standard InChI is InChI=1S/C24H29BrN4O4/c1-7-18-26-27-22(33-18)20-14(2)19(21(30)16-9-8-10-17(25)13-16)15(3)28(20)11-12-29(23(31)32)24(4,5)6/h8-10,13H,7,11-12H2,1-6H3,(H,31,32). The lowest BCUT2D eigenvalue weighted by Crippen LogP contribution is -2.46. The Balaban J connectivity index is 2.13. The molecular formula is C24H29BrN4O4. The van der Waals surface area contributed by atoms with Gasteiger partial charge in [-0.1, -0.05) is 35.0 Å². The van der Waals surface area contributed by atoms with E-state index in [9.17, 15) is 14.7 Å². The van der Waals surface area contributed by atoms with Crippen LogP contribution in [0.3, 0.4) is 0 Å². The molecule has 1 N–H and O–H groups in total. The molecule has 8 nitrogen and oxygen atoms in total. The fraction of sp³-hybridized carbons (Fsp3) is 0.417. The SMILES string of the molecule is CCc1nnc(-c2c(C)c(C(=O)c3cccc(Br)c3)c(C)n2CCN(C(=O)O)C(C)(C)C)o1. The second kappa shape index (κ2) is 9.51. The van der Waals surface area contributed by atoms with Crippen LogP contribution in [-0.2, 0) is 13.0 Å². The van der Waals surface area contributed by atoms with Gasteiger partial charge in [0.1, 0.15) is 5.69 Å². The van der Waals surface area contributed by atoms with Gasteiger partial charge >= 0.3 is 6.09 Å². The van der Waals surface area contributed by atoms with Crippen molar-refractivity contribution in [1.82, 2.24) is 19.7 Å². The van der Waals surface area contributed by atoms with Gasteiger partial charge in [0.05, 0.1) is 0 Å². The Labute approximate surface area is 201 Å². The molecule has 3 aromatic rings. The zero-order valence-electron chi connectivity index (χ0n) is 19.8. The van der Waals surface area contributed by atoms with Crippen LogP contribution in [0.1, 0.15) is 60.8 Å². The van der Waals surface area contributed by atoms with Gasteiger partial charge < -0.3 is 19.0 Å². The van der Waals surface area contributed by atoms with E-state index in [1.54, 1.807) is 12.1 Å². The van der Waals surface area contributed by atoms with Crippen molar-refractivity contribution in [3.63, 3.8) is 0 Å². The van der Waals surface area contributed by atoms with E-state index in [0.717, 1.165) is 15.7 Å². The second-order valence-electron chi connectivity index (χ2n) is 8.88. The van der Waals surface area contributed by atoms with Gasteiger partial charge in [-0.25, -0.2) is 4.79 Å². The van der Waals surface area contributed by atoms with E-state index < -0.39 is 11.6 Å². The number of hydrogen-bond donors (Lipinski definition) is 1. The van der Waals surface area contributed by atoms with E-state index >= 15 is 0 Å². The number of carbonyl (C=O) groups excluding carboxylic acids is 1. The molecule has 2 aromatic heterocycles. The van der Waals surface area contributed by atoms with Gasteiger partial charge in [0.25, 0.3) is 5.89 Å². The highest BCUT2D eigenvalue weighted by atomic mass is 79.9.